The van der Waals surface area contributed by atoms with Gasteiger partial charge in [-0.25, -0.2) is 0 Å². The van der Waals surface area contributed by atoms with Crippen molar-refractivity contribution in [3.05, 3.63) is 0 Å². The fourth-order valence-corrected chi connectivity index (χ4v) is 2.16. The summed E-state index contributed by atoms with van der Waals surface area (Å²) in [5.74, 6) is 0.415. The van der Waals surface area contributed by atoms with Crippen LogP contribution in [0.3, 0.4) is 0 Å². The SMILES string of the molecule is CCCCCN=C1NC(C(N)=O)CS1. The standard InChI is InChI=1S/C9H17N3OS/c1-2-3-4-5-11-9-12-7(6-14-9)8(10)13/h7H,2-6H2,1H3,(H2,10,13)(H,11,12). The molecule has 0 aromatic rings. The van der Waals surface area contributed by atoms with Gasteiger partial charge >= 0.3 is 0 Å². The number of hydrogen-bond donors (Lipinski definition) is 2. The maximum Gasteiger partial charge on any atom is 0.240 e. The lowest BCUT2D eigenvalue weighted by atomic mass is 10.2. The van der Waals surface area contributed by atoms with Crippen LogP contribution >= 0.6 is 11.8 Å². The second-order valence-electron chi connectivity index (χ2n) is 3.30. The minimum Gasteiger partial charge on any atom is -0.368 e. The lowest BCUT2D eigenvalue weighted by Crippen LogP contribution is -2.39. The van der Waals surface area contributed by atoms with Gasteiger partial charge in [0.2, 0.25) is 5.91 Å². The van der Waals surface area contributed by atoms with Crippen LogP contribution in [0.1, 0.15) is 26.2 Å². The first kappa shape index (κ1) is 11.4. The first-order chi connectivity index (χ1) is 6.74. The van der Waals surface area contributed by atoms with E-state index >= 15 is 0 Å². The third-order valence-corrected chi connectivity index (χ3v) is 3.07. The maximum atomic E-state index is 10.8. The van der Waals surface area contributed by atoms with Crippen LogP contribution in [0.15, 0.2) is 4.99 Å². The van der Waals surface area contributed by atoms with Crippen molar-refractivity contribution in [3.8, 4) is 0 Å². The van der Waals surface area contributed by atoms with Gasteiger partial charge in [0.25, 0.3) is 0 Å². The fraction of sp³-hybridized carbons (Fsp3) is 0.778. The summed E-state index contributed by atoms with van der Waals surface area (Å²) in [5.41, 5.74) is 5.17. The topological polar surface area (TPSA) is 67.5 Å². The zero-order valence-corrected chi connectivity index (χ0v) is 9.27. The third-order valence-electron chi connectivity index (χ3n) is 2.04. The van der Waals surface area contributed by atoms with Crippen molar-refractivity contribution >= 4 is 22.8 Å². The number of aliphatic imine (C=N–C) groups is 1. The Morgan fingerprint density at radius 3 is 3.07 bits per heavy atom. The predicted octanol–water partition coefficient (Wildman–Crippen LogP) is 0.723. The minimum atomic E-state index is -0.295. The van der Waals surface area contributed by atoms with E-state index in [0.29, 0.717) is 5.75 Å². The number of rotatable bonds is 5. The summed E-state index contributed by atoms with van der Waals surface area (Å²) in [6.07, 6.45) is 3.53. The summed E-state index contributed by atoms with van der Waals surface area (Å²) in [7, 11) is 0. The summed E-state index contributed by atoms with van der Waals surface area (Å²) in [4.78, 5) is 15.2. The highest BCUT2D eigenvalue weighted by molar-refractivity contribution is 8.14. The van der Waals surface area contributed by atoms with E-state index in [-0.39, 0.29) is 11.9 Å². The van der Waals surface area contributed by atoms with E-state index in [1.807, 2.05) is 0 Å². The molecule has 1 aliphatic heterocycles. The molecule has 1 amide bonds. The van der Waals surface area contributed by atoms with Crippen molar-refractivity contribution < 1.29 is 4.79 Å². The molecule has 0 aromatic carbocycles. The molecular formula is C9H17N3OS. The van der Waals surface area contributed by atoms with Crippen molar-refractivity contribution in [2.75, 3.05) is 12.3 Å². The highest BCUT2D eigenvalue weighted by Crippen LogP contribution is 2.13. The maximum absolute atomic E-state index is 10.8. The monoisotopic (exact) mass is 215 g/mol. The molecule has 5 heteroatoms. The van der Waals surface area contributed by atoms with E-state index in [0.717, 1.165) is 18.1 Å². The molecule has 1 atom stereocenters. The molecule has 0 saturated carbocycles. The van der Waals surface area contributed by atoms with Crippen LogP contribution in [0, 0.1) is 0 Å². The summed E-state index contributed by atoms with van der Waals surface area (Å²) in [6.45, 7) is 3.01. The molecule has 3 N–H and O–H groups in total. The molecule has 1 fully saturated rings. The Morgan fingerprint density at radius 2 is 2.50 bits per heavy atom. The van der Waals surface area contributed by atoms with Crippen LogP contribution < -0.4 is 11.1 Å². The van der Waals surface area contributed by atoms with Crippen LogP contribution in [0.25, 0.3) is 0 Å². The summed E-state index contributed by atoms with van der Waals surface area (Å²) < 4.78 is 0. The zero-order chi connectivity index (χ0) is 10.4. The van der Waals surface area contributed by atoms with Crippen LogP contribution in [-0.2, 0) is 4.79 Å². The van der Waals surface area contributed by atoms with Crippen LogP contribution in [0.4, 0.5) is 0 Å². The van der Waals surface area contributed by atoms with Crippen LogP contribution in [-0.4, -0.2) is 29.4 Å². The molecule has 80 valence electrons. The Bertz CT molecular complexity index is 230. The average Bonchev–Trinajstić information content (AvgIpc) is 2.61. The van der Waals surface area contributed by atoms with E-state index in [2.05, 4.69) is 17.2 Å². The highest BCUT2D eigenvalue weighted by atomic mass is 32.2. The van der Waals surface area contributed by atoms with Gasteiger partial charge in [-0.1, -0.05) is 31.5 Å². The number of nitrogens with one attached hydrogen (secondary N) is 1. The Labute approximate surface area is 88.7 Å². The van der Waals surface area contributed by atoms with Gasteiger partial charge in [-0.3, -0.25) is 9.79 Å². The number of amides is 1. The Kier molecular flexibility index (Phi) is 4.79. The van der Waals surface area contributed by atoms with Gasteiger partial charge < -0.3 is 11.1 Å². The molecule has 0 radical (unpaired) electrons. The zero-order valence-electron chi connectivity index (χ0n) is 8.45. The van der Waals surface area contributed by atoms with Crippen LogP contribution in [0.2, 0.25) is 0 Å². The number of nitrogens with two attached hydrogens (primary N) is 1. The van der Waals surface area contributed by atoms with E-state index in [9.17, 15) is 4.79 Å². The lowest BCUT2D eigenvalue weighted by Gasteiger charge is -2.03. The normalized spacial score (nSPS) is 23.8. The van der Waals surface area contributed by atoms with Crippen LogP contribution in [0.5, 0.6) is 0 Å². The first-order valence-electron chi connectivity index (χ1n) is 4.97. The van der Waals surface area contributed by atoms with Gasteiger partial charge in [0.15, 0.2) is 5.17 Å². The number of carbonyl (C=O) groups is 1. The van der Waals surface area contributed by atoms with Crippen molar-refractivity contribution in [2.24, 2.45) is 10.7 Å². The molecule has 4 nitrogen and oxygen atoms in total. The summed E-state index contributed by atoms with van der Waals surface area (Å²) in [5, 5.41) is 3.87. The molecule has 1 rings (SSSR count). The molecular weight excluding hydrogens is 198 g/mol. The number of hydrogen-bond acceptors (Lipinski definition) is 3. The Hall–Kier alpha value is -0.710. The van der Waals surface area contributed by atoms with Gasteiger partial charge in [0.05, 0.1) is 0 Å². The smallest absolute Gasteiger partial charge is 0.240 e. The van der Waals surface area contributed by atoms with E-state index in [4.69, 9.17) is 5.73 Å². The number of nitrogens with zero attached hydrogens (tertiary/aromatic N) is 1. The van der Waals surface area contributed by atoms with E-state index in [1.165, 1.54) is 12.8 Å². The number of thioether (sulfide) groups is 1. The minimum absolute atomic E-state index is 0.232. The van der Waals surface area contributed by atoms with Crippen molar-refractivity contribution in [3.63, 3.8) is 0 Å². The largest absolute Gasteiger partial charge is 0.368 e. The third kappa shape index (κ3) is 3.57. The molecule has 1 aliphatic rings. The molecule has 1 saturated heterocycles. The molecule has 1 heterocycles. The molecule has 14 heavy (non-hydrogen) atoms. The fourth-order valence-electron chi connectivity index (χ4n) is 1.18. The molecule has 0 spiro atoms. The van der Waals surface area contributed by atoms with Gasteiger partial charge in [-0.15, -0.1) is 0 Å². The van der Waals surface area contributed by atoms with Crippen molar-refractivity contribution in [1.82, 2.24) is 5.32 Å². The predicted molar refractivity (Wildman–Crippen MR) is 60.4 cm³/mol. The molecule has 0 bridgehead atoms. The van der Waals surface area contributed by atoms with Crippen molar-refractivity contribution in [1.29, 1.82) is 0 Å². The Morgan fingerprint density at radius 1 is 1.71 bits per heavy atom. The molecule has 0 aromatic heterocycles. The van der Waals surface area contributed by atoms with Gasteiger partial charge in [-0.05, 0) is 6.42 Å². The van der Waals surface area contributed by atoms with E-state index < -0.39 is 0 Å². The summed E-state index contributed by atoms with van der Waals surface area (Å²) >= 11 is 1.57. The molecule has 0 aliphatic carbocycles. The lowest BCUT2D eigenvalue weighted by molar-refractivity contribution is -0.119. The highest BCUT2D eigenvalue weighted by Gasteiger charge is 2.24. The first-order valence-corrected chi connectivity index (χ1v) is 5.95. The molecule has 1 unspecified atom stereocenters. The average molecular weight is 215 g/mol. The Balaban J connectivity index is 2.23. The van der Waals surface area contributed by atoms with Gasteiger partial charge in [0.1, 0.15) is 6.04 Å². The summed E-state index contributed by atoms with van der Waals surface area (Å²) in [6, 6.07) is -0.232. The van der Waals surface area contributed by atoms with Gasteiger partial charge in [-0.2, -0.15) is 0 Å². The van der Waals surface area contributed by atoms with Gasteiger partial charge in [0, 0.05) is 12.3 Å². The quantitative estimate of drug-likeness (QED) is 0.664. The van der Waals surface area contributed by atoms with E-state index in [1.54, 1.807) is 11.8 Å². The number of unbranched alkanes of at least 4 members (excludes halogenated alkanes) is 2. The van der Waals surface area contributed by atoms with Crippen molar-refractivity contribution in [2.45, 2.75) is 32.2 Å². The second-order valence-corrected chi connectivity index (χ2v) is 4.31. The number of carbonyl (C=O) groups excluding carboxylic acids is 1. The number of amidine groups is 1. The number of primary amides is 1. The second kappa shape index (κ2) is 5.90.